The number of nitriles is 2. The van der Waals surface area contributed by atoms with E-state index in [4.69, 9.17) is 15.3 Å². The van der Waals surface area contributed by atoms with E-state index in [1.165, 1.54) is 6.08 Å². The molecule has 1 rings (SSSR count). The summed E-state index contributed by atoms with van der Waals surface area (Å²) >= 11 is 0. The van der Waals surface area contributed by atoms with Gasteiger partial charge in [0.15, 0.2) is 0 Å². The molecule has 0 saturated carbocycles. The summed E-state index contributed by atoms with van der Waals surface area (Å²) in [4.78, 5) is 11.9. The summed E-state index contributed by atoms with van der Waals surface area (Å²) in [6, 6.07) is 3.44. The first-order valence-electron chi connectivity index (χ1n) is 5.67. The van der Waals surface area contributed by atoms with Crippen LogP contribution in [0.2, 0.25) is 0 Å². The van der Waals surface area contributed by atoms with E-state index in [0.29, 0.717) is 5.70 Å². The Morgan fingerprint density at radius 2 is 2.16 bits per heavy atom. The van der Waals surface area contributed by atoms with Gasteiger partial charge in [0.1, 0.15) is 17.7 Å². The van der Waals surface area contributed by atoms with Crippen LogP contribution in [0.15, 0.2) is 46.8 Å². The average molecular weight is 255 g/mol. The van der Waals surface area contributed by atoms with Crippen LogP contribution in [0.3, 0.4) is 0 Å². The van der Waals surface area contributed by atoms with Gasteiger partial charge in [0, 0.05) is 5.70 Å². The lowest BCUT2D eigenvalue weighted by Crippen LogP contribution is -2.18. The molecular formula is C14H13N3O2. The molecule has 0 aromatic heterocycles. The third-order valence-electron chi connectivity index (χ3n) is 2.26. The highest BCUT2D eigenvalue weighted by Gasteiger charge is 2.15. The second-order valence-corrected chi connectivity index (χ2v) is 3.66. The van der Waals surface area contributed by atoms with Crippen molar-refractivity contribution in [2.45, 2.75) is 13.8 Å². The number of nitrogens with zero attached hydrogens (tertiary/aromatic N) is 2. The number of dihydropyridines is 1. The smallest absolute Gasteiger partial charge is 0.340 e. The summed E-state index contributed by atoms with van der Waals surface area (Å²) in [6.45, 7) is 3.75. The molecule has 1 heterocycles. The number of nitrogens with one attached hydrogen (secondary N) is 1. The Balaban J connectivity index is 3.26. The topological polar surface area (TPSA) is 85.9 Å². The van der Waals surface area contributed by atoms with Crippen molar-refractivity contribution in [3.05, 3.63) is 46.8 Å². The van der Waals surface area contributed by atoms with Gasteiger partial charge in [-0.15, -0.1) is 0 Å². The van der Waals surface area contributed by atoms with Crippen LogP contribution in [0.25, 0.3) is 0 Å². The number of carbonyl (C=O) groups excluding carboxylic acids is 1. The molecule has 96 valence electrons. The minimum atomic E-state index is -0.577. The third kappa shape index (κ3) is 3.86. The summed E-state index contributed by atoms with van der Waals surface area (Å²) in [6.07, 6.45) is 6.52. The fourth-order valence-electron chi connectivity index (χ4n) is 1.43. The lowest BCUT2D eigenvalue weighted by atomic mass is 10.1. The zero-order chi connectivity index (χ0) is 14.3. The van der Waals surface area contributed by atoms with Crippen LogP contribution in [0.1, 0.15) is 13.8 Å². The number of rotatable bonds is 3. The maximum Gasteiger partial charge on any atom is 0.340 e. The van der Waals surface area contributed by atoms with Gasteiger partial charge in [0.25, 0.3) is 0 Å². The fraction of sp³-hybridized carbons (Fsp3) is 0.214. The van der Waals surface area contributed by atoms with Crippen molar-refractivity contribution in [3.8, 4) is 12.1 Å². The Labute approximate surface area is 111 Å². The summed E-state index contributed by atoms with van der Waals surface area (Å²) < 4.78 is 4.93. The monoisotopic (exact) mass is 255 g/mol. The molecule has 1 N–H and O–H groups in total. The Hall–Kier alpha value is -2.79. The molecule has 5 heteroatoms. The minimum Gasteiger partial charge on any atom is -0.462 e. The molecule has 0 radical (unpaired) electrons. The largest absolute Gasteiger partial charge is 0.462 e. The zero-order valence-electron chi connectivity index (χ0n) is 10.7. The van der Waals surface area contributed by atoms with E-state index in [0.717, 1.165) is 5.70 Å². The molecule has 0 saturated heterocycles. The van der Waals surface area contributed by atoms with Crippen LogP contribution < -0.4 is 5.32 Å². The summed E-state index contributed by atoms with van der Waals surface area (Å²) in [5.74, 6) is -0.577. The molecule has 1 aliphatic rings. The molecule has 0 aliphatic carbocycles. The first-order chi connectivity index (χ1) is 9.12. The van der Waals surface area contributed by atoms with E-state index in [1.807, 2.05) is 13.0 Å². The Kier molecular flexibility index (Phi) is 5.13. The van der Waals surface area contributed by atoms with Crippen LogP contribution in [0.4, 0.5) is 0 Å². The number of hydrogen-bond donors (Lipinski definition) is 1. The van der Waals surface area contributed by atoms with Gasteiger partial charge in [-0.25, -0.2) is 4.79 Å². The summed E-state index contributed by atoms with van der Waals surface area (Å²) in [7, 11) is 0. The SMILES string of the molecule is CCOC(=O)/C(C=C(C#N)C#N)=C1/C=CC=C(C)N1. The number of esters is 1. The summed E-state index contributed by atoms with van der Waals surface area (Å²) in [5, 5.41) is 20.5. The Bertz CT molecular complexity index is 565. The van der Waals surface area contributed by atoms with E-state index in [-0.39, 0.29) is 17.8 Å². The van der Waals surface area contributed by atoms with Gasteiger partial charge < -0.3 is 10.1 Å². The second kappa shape index (κ2) is 6.83. The van der Waals surface area contributed by atoms with Gasteiger partial charge >= 0.3 is 5.97 Å². The van der Waals surface area contributed by atoms with Gasteiger partial charge in [0.05, 0.1) is 17.9 Å². The van der Waals surface area contributed by atoms with Crippen molar-refractivity contribution >= 4 is 5.97 Å². The Morgan fingerprint density at radius 3 is 2.68 bits per heavy atom. The number of allylic oxidation sites excluding steroid dienone is 5. The number of ether oxygens (including phenoxy) is 1. The van der Waals surface area contributed by atoms with Gasteiger partial charge in [-0.05, 0) is 32.1 Å². The predicted molar refractivity (Wildman–Crippen MR) is 69.0 cm³/mol. The number of carbonyl (C=O) groups is 1. The van der Waals surface area contributed by atoms with E-state index < -0.39 is 5.97 Å². The molecule has 0 fully saturated rings. The molecule has 0 unspecified atom stereocenters. The average Bonchev–Trinajstić information content (AvgIpc) is 2.40. The van der Waals surface area contributed by atoms with Crippen LogP contribution in [-0.4, -0.2) is 12.6 Å². The van der Waals surface area contributed by atoms with Crippen molar-refractivity contribution < 1.29 is 9.53 Å². The highest BCUT2D eigenvalue weighted by atomic mass is 16.5. The van der Waals surface area contributed by atoms with Crippen molar-refractivity contribution in [1.29, 1.82) is 10.5 Å². The molecule has 0 spiro atoms. The lowest BCUT2D eigenvalue weighted by molar-refractivity contribution is -0.138. The van der Waals surface area contributed by atoms with Crippen LogP contribution in [-0.2, 0) is 9.53 Å². The predicted octanol–water partition coefficient (Wildman–Crippen LogP) is 1.84. The second-order valence-electron chi connectivity index (χ2n) is 3.66. The van der Waals surface area contributed by atoms with Crippen molar-refractivity contribution in [3.63, 3.8) is 0 Å². The maximum atomic E-state index is 11.9. The number of hydrogen-bond acceptors (Lipinski definition) is 5. The van der Waals surface area contributed by atoms with E-state index >= 15 is 0 Å². The molecular weight excluding hydrogens is 242 g/mol. The zero-order valence-corrected chi connectivity index (χ0v) is 10.7. The van der Waals surface area contributed by atoms with Crippen LogP contribution in [0, 0.1) is 22.7 Å². The Morgan fingerprint density at radius 1 is 1.47 bits per heavy atom. The maximum absolute atomic E-state index is 11.9. The van der Waals surface area contributed by atoms with Crippen LogP contribution in [0.5, 0.6) is 0 Å². The van der Waals surface area contributed by atoms with Gasteiger partial charge in [-0.2, -0.15) is 10.5 Å². The summed E-state index contributed by atoms with van der Waals surface area (Å²) in [5.41, 5.74) is 1.35. The minimum absolute atomic E-state index is 0.155. The molecule has 1 aliphatic heterocycles. The van der Waals surface area contributed by atoms with E-state index in [2.05, 4.69) is 5.32 Å². The molecule has 0 bridgehead atoms. The molecule has 19 heavy (non-hydrogen) atoms. The van der Waals surface area contributed by atoms with Gasteiger partial charge in [0.2, 0.25) is 0 Å². The van der Waals surface area contributed by atoms with E-state index in [1.54, 1.807) is 31.2 Å². The highest BCUT2D eigenvalue weighted by Crippen LogP contribution is 2.15. The normalized spacial score (nSPS) is 15.3. The van der Waals surface area contributed by atoms with Crippen molar-refractivity contribution in [1.82, 2.24) is 5.32 Å². The first-order valence-corrected chi connectivity index (χ1v) is 5.67. The van der Waals surface area contributed by atoms with Crippen LogP contribution >= 0.6 is 0 Å². The van der Waals surface area contributed by atoms with Crippen molar-refractivity contribution in [2.24, 2.45) is 0 Å². The molecule has 5 nitrogen and oxygen atoms in total. The lowest BCUT2D eigenvalue weighted by Gasteiger charge is -2.14. The standard InChI is InChI=1S/C14H13N3O2/c1-3-19-14(18)12(7-11(8-15)9-16)13-6-4-5-10(2)17-13/h4-7,17H,3H2,1-2H3/b13-12-. The van der Waals surface area contributed by atoms with E-state index in [9.17, 15) is 4.79 Å². The van der Waals surface area contributed by atoms with Gasteiger partial charge in [-0.3, -0.25) is 0 Å². The van der Waals surface area contributed by atoms with Gasteiger partial charge in [-0.1, -0.05) is 6.08 Å². The third-order valence-corrected chi connectivity index (χ3v) is 2.26. The quantitative estimate of drug-likeness (QED) is 0.472. The highest BCUT2D eigenvalue weighted by molar-refractivity contribution is 5.93. The molecule has 0 aromatic carbocycles. The van der Waals surface area contributed by atoms with Crippen molar-refractivity contribution in [2.75, 3.05) is 6.61 Å². The first kappa shape index (κ1) is 14.3. The molecule has 0 amide bonds. The fourth-order valence-corrected chi connectivity index (χ4v) is 1.43. The molecule has 0 aromatic rings. The molecule has 0 atom stereocenters.